The average molecular weight is 677 g/mol. The molecule has 13 heteroatoms. The Morgan fingerprint density at radius 1 is 0.531 bits per heavy atom. The molecule has 4 rings (SSSR count). The van der Waals surface area contributed by atoms with Gasteiger partial charge in [0.25, 0.3) is 0 Å². The Hall–Kier alpha value is -4.85. The maximum atomic E-state index is 12.3. The fourth-order valence-electron chi connectivity index (χ4n) is 4.97. The predicted octanol–water partition coefficient (Wildman–Crippen LogP) is 6.85. The Morgan fingerprint density at radius 2 is 0.878 bits per heavy atom. The molecule has 3 aromatic carbocycles. The van der Waals surface area contributed by atoms with Gasteiger partial charge in [-0.15, -0.1) is 4.91 Å². The molecule has 0 radical (unpaired) electrons. The van der Waals surface area contributed by atoms with Gasteiger partial charge in [-0.1, -0.05) is 0 Å². The van der Waals surface area contributed by atoms with Gasteiger partial charge in [-0.25, -0.2) is 15.0 Å². The van der Waals surface area contributed by atoms with Crippen molar-refractivity contribution in [1.29, 1.82) is 0 Å². The van der Waals surface area contributed by atoms with Gasteiger partial charge in [0, 0.05) is 42.1 Å². The largest absolute Gasteiger partial charge is 0.507 e. The van der Waals surface area contributed by atoms with E-state index in [0.29, 0.717) is 110 Å². The zero-order valence-corrected chi connectivity index (χ0v) is 28.9. The number of hydrogen-bond acceptors (Lipinski definition) is 13. The first-order valence-electron chi connectivity index (χ1n) is 16.3. The van der Waals surface area contributed by atoms with Gasteiger partial charge >= 0.3 is 0 Å². The summed E-state index contributed by atoms with van der Waals surface area (Å²) in [5, 5.41) is 26.0. The van der Waals surface area contributed by atoms with Crippen molar-refractivity contribution in [2.45, 2.75) is 41.5 Å². The van der Waals surface area contributed by atoms with E-state index in [4.69, 9.17) is 28.4 Å². The Morgan fingerprint density at radius 3 is 1.24 bits per heavy atom. The Labute approximate surface area is 286 Å². The van der Waals surface area contributed by atoms with E-state index in [1.165, 1.54) is 0 Å². The molecule has 0 aliphatic rings. The third kappa shape index (κ3) is 8.99. The summed E-state index contributed by atoms with van der Waals surface area (Å²) in [6.45, 7) is 14.7. The van der Waals surface area contributed by atoms with Crippen LogP contribution in [0.5, 0.6) is 28.7 Å². The molecule has 0 fully saturated rings. The third-order valence-electron chi connectivity index (χ3n) is 7.66. The highest BCUT2D eigenvalue weighted by Gasteiger charge is 2.23. The second-order valence-corrected chi connectivity index (χ2v) is 10.8. The van der Waals surface area contributed by atoms with Crippen molar-refractivity contribution in [3.05, 3.63) is 58.0 Å². The topological polar surface area (TPSA) is 164 Å². The van der Waals surface area contributed by atoms with Crippen molar-refractivity contribution in [3.8, 4) is 62.9 Å². The van der Waals surface area contributed by atoms with Crippen LogP contribution in [0.3, 0.4) is 0 Å². The number of rotatable bonds is 19. The smallest absolute Gasteiger partial charge is 0.167 e. The standard InChI is InChI=1S/C36H44N4O9/c1-7-44-16-19-47-28-13-10-25(31(40-43)22(28)4)34-37-35(26-11-14-29(23(5)32(26)41)48-20-17-45-8-2)39-36(38-34)27-12-15-30(24(6)33(27)42)49-21-18-46-9-3/h10-15,41-42H,7-9,16-21H2,1-6H3. The molecule has 0 atom stereocenters. The second kappa shape index (κ2) is 18.1. The van der Waals surface area contributed by atoms with Crippen LogP contribution in [-0.4, -0.2) is 84.6 Å². The van der Waals surface area contributed by atoms with Crippen LogP contribution in [0.4, 0.5) is 5.69 Å². The van der Waals surface area contributed by atoms with Crippen molar-refractivity contribution in [2.75, 3.05) is 59.5 Å². The zero-order chi connectivity index (χ0) is 35.3. The number of benzene rings is 3. The van der Waals surface area contributed by atoms with Gasteiger partial charge in [0.15, 0.2) is 17.5 Å². The van der Waals surface area contributed by atoms with Crippen molar-refractivity contribution < 1.29 is 38.6 Å². The molecule has 4 aromatic rings. The fraction of sp³-hybridized carbons (Fsp3) is 0.417. The molecule has 262 valence electrons. The van der Waals surface area contributed by atoms with E-state index in [2.05, 4.69) is 20.1 Å². The number of aromatic hydroxyl groups is 2. The van der Waals surface area contributed by atoms with E-state index < -0.39 is 0 Å². The van der Waals surface area contributed by atoms with E-state index in [0.717, 1.165) is 0 Å². The Kier molecular flexibility index (Phi) is 13.6. The molecule has 2 N–H and O–H groups in total. The van der Waals surface area contributed by atoms with Crippen LogP contribution in [0.1, 0.15) is 37.5 Å². The van der Waals surface area contributed by atoms with E-state index >= 15 is 0 Å². The number of aromatic nitrogens is 3. The molecule has 0 aliphatic heterocycles. The Balaban J connectivity index is 1.83. The van der Waals surface area contributed by atoms with Crippen LogP contribution in [0, 0.1) is 25.7 Å². The monoisotopic (exact) mass is 676 g/mol. The lowest BCUT2D eigenvalue weighted by Crippen LogP contribution is -2.08. The number of hydrogen-bond donors (Lipinski definition) is 2. The van der Waals surface area contributed by atoms with Gasteiger partial charge in [-0.3, -0.25) is 0 Å². The molecule has 0 spiro atoms. The van der Waals surface area contributed by atoms with Crippen LogP contribution < -0.4 is 14.2 Å². The van der Waals surface area contributed by atoms with E-state index in [1.54, 1.807) is 57.2 Å². The highest BCUT2D eigenvalue weighted by molar-refractivity contribution is 5.80. The van der Waals surface area contributed by atoms with Gasteiger partial charge in [0.05, 0.1) is 30.9 Å². The van der Waals surface area contributed by atoms with Crippen LogP contribution in [0.25, 0.3) is 34.2 Å². The van der Waals surface area contributed by atoms with Crippen molar-refractivity contribution in [3.63, 3.8) is 0 Å². The second-order valence-electron chi connectivity index (χ2n) is 10.8. The summed E-state index contributed by atoms with van der Waals surface area (Å²) in [4.78, 5) is 26.3. The van der Waals surface area contributed by atoms with E-state index in [-0.39, 0.29) is 34.7 Å². The van der Waals surface area contributed by atoms with Crippen molar-refractivity contribution in [1.82, 2.24) is 15.0 Å². The summed E-state index contributed by atoms with van der Waals surface area (Å²) < 4.78 is 33.5. The highest BCUT2D eigenvalue weighted by atomic mass is 16.5. The lowest BCUT2D eigenvalue weighted by molar-refractivity contribution is 0.110. The van der Waals surface area contributed by atoms with Crippen LogP contribution in [0.15, 0.2) is 41.6 Å². The van der Waals surface area contributed by atoms with E-state index in [9.17, 15) is 15.1 Å². The maximum Gasteiger partial charge on any atom is 0.167 e. The fourth-order valence-corrected chi connectivity index (χ4v) is 4.97. The van der Waals surface area contributed by atoms with Crippen molar-refractivity contribution >= 4 is 5.69 Å². The van der Waals surface area contributed by atoms with Crippen LogP contribution >= 0.6 is 0 Å². The summed E-state index contributed by atoms with van der Waals surface area (Å²) in [5.41, 5.74) is 2.42. The molecule has 1 heterocycles. The van der Waals surface area contributed by atoms with Gasteiger partial charge in [0.2, 0.25) is 0 Å². The Bertz CT molecular complexity index is 1650. The summed E-state index contributed by atoms with van der Waals surface area (Å²) in [6, 6.07) is 10.1. The quantitative estimate of drug-likeness (QED) is 0.0785. The first kappa shape index (κ1) is 37.0. The number of ether oxygens (including phenoxy) is 6. The molecule has 0 saturated carbocycles. The predicted molar refractivity (Wildman–Crippen MR) is 185 cm³/mol. The summed E-state index contributed by atoms with van der Waals surface area (Å²) in [5.74, 6) is 1.52. The molecule has 0 amide bonds. The number of phenols is 2. The minimum absolute atomic E-state index is 0.0777. The number of phenolic OH excluding ortho intramolecular Hbond substituents is 2. The zero-order valence-electron chi connectivity index (χ0n) is 28.9. The summed E-state index contributed by atoms with van der Waals surface area (Å²) in [7, 11) is 0. The number of nitrogens with zero attached hydrogens (tertiary/aromatic N) is 4. The normalized spacial score (nSPS) is 11.1. The lowest BCUT2D eigenvalue weighted by atomic mass is 10.0. The van der Waals surface area contributed by atoms with Gasteiger partial charge in [0.1, 0.15) is 54.3 Å². The molecule has 0 saturated heterocycles. The molecule has 0 unspecified atom stereocenters. The molecule has 1 aromatic heterocycles. The van der Waals surface area contributed by atoms with Gasteiger partial charge in [-0.2, -0.15) is 0 Å². The summed E-state index contributed by atoms with van der Waals surface area (Å²) >= 11 is 0. The third-order valence-corrected chi connectivity index (χ3v) is 7.66. The summed E-state index contributed by atoms with van der Waals surface area (Å²) in [6.07, 6.45) is 0. The van der Waals surface area contributed by atoms with Gasteiger partial charge < -0.3 is 38.6 Å². The van der Waals surface area contributed by atoms with Gasteiger partial charge in [-0.05, 0) is 83.1 Å². The molecule has 0 bridgehead atoms. The first-order valence-corrected chi connectivity index (χ1v) is 16.3. The minimum Gasteiger partial charge on any atom is -0.507 e. The molecule has 13 nitrogen and oxygen atoms in total. The maximum absolute atomic E-state index is 12.3. The lowest BCUT2D eigenvalue weighted by Gasteiger charge is -2.16. The minimum atomic E-state index is -0.0987. The first-order chi connectivity index (χ1) is 23.7. The number of nitroso groups, excluding NO2 is 1. The van der Waals surface area contributed by atoms with Crippen molar-refractivity contribution in [2.24, 2.45) is 5.18 Å². The molecule has 49 heavy (non-hydrogen) atoms. The highest BCUT2D eigenvalue weighted by Crippen LogP contribution is 2.42. The molecular weight excluding hydrogens is 632 g/mol. The van der Waals surface area contributed by atoms with Crippen LogP contribution in [-0.2, 0) is 14.2 Å². The molecular formula is C36H44N4O9. The average Bonchev–Trinajstić information content (AvgIpc) is 3.10. The van der Waals surface area contributed by atoms with E-state index in [1.807, 2.05) is 20.8 Å². The SMILES string of the molecule is CCOCCOc1ccc(-c2nc(-c3ccc(OCCOCC)c(C)c3O)nc(-c3ccc(OCCOCC)c(C)c3N=O)n2)c(O)c1C. The van der Waals surface area contributed by atoms with Crippen LogP contribution in [0.2, 0.25) is 0 Å². The molecule has 0 aliphatic carbocycles.